The molecule has 0 N–H and O–H groups in total. The second-order valence-electron chi connectivity index (χ2n) is 18.0. The summed E-state index contributed by atoms with van der Waals surface area (Å²) in [6.45, 7) is 0. The van der Waals surface area contributed by atoms with Crippen LogP contribution < -0.4 is 9.80 Å². The van der Waals surface area contributed by atoms with Crippen molar-refractivity contribution in [3.05, 3.63) is 307 Å². The lowest BCUT2D eigenvalue weighted by Crippen LogP contribution is -2.30. The lowest BCUT2D eigenvalue weighted by atomic mass is 9.67. The van der Waals surface area contributed by atoms with Crippen LogP contribution in [-0.2, 0) is 5.41 Å². The fourth-order valence-electron chi connectivity index (χ4n) is 11.3. The van der Waals surface area contributed by atoms with Crippen molar-refractivity contribution in [2.45, 2.75) is 5.41 Å². The summed E-state index contributed by atoms with van der Waals surface area (Å²) in [6, 6.07) is 104. The third-order valence-corrected chi connectivity index (χ3v) is 14.2. The van der Waals surface area contributed by atoms with Crippen molar-refractivity contribution < 1.29 is 0 Å². The van der Waals surface area contributed by atoms with E-state index in [1.807, 2.05) is 0 Å². The fourth-order valence-corrected chi connectivity index (χ4v) is 11.3. The van der Waals surface area contributed by atoms with Gasteiger partial charge in [-0.25, -0.2) is 0 Å². The van der Waals surface area contributed by atoms with Gasteiger partial charge in [0.25, 0.3) is 0 Å². The van der Waals surface area contributed by atoms with Crippen LogP contribution in [0.1, 0.15) is 22.3 Å². The highest BCUT2D eigenvalue weighted by Crippen LogP contribution is 2.60. The van der Waals surface area contributed by atoms with Gasteiger partial charge in [0.05, 0.1) is 33.5 Å². The molecule has 0 saturated heterocycles. The average molecular weight is 894 g/mol. The highest BCUT2D eigenvalue weighted by Gasteiger charge is 2.48. The van der Waals surface area contributed by atoms with E-state index in [4.69, 9.17) is 0 Å². The van der Waals surface area contributed by atoms with Gasteiger partial charge < -0.3 is 14.4 Å². The summed E-state index contributed by atoms with van der Waals surface area (Å²) in [5, 5.41) is 2.35. The Morgan fingerprint density at radius 3 is 1.39 bits per heavy atom. The first-order valence-corrected chi connectivity index (χ1v) is 24.1. The molecule has 0 unspecified atom stereocenters. The molecule has 0 atom stereocenters. The van der Waals surface area contributed by atoms with Crippen LogP contribution in [0.15, 0.2) is 285 Å². The molecule has 0 radical (unpaired) electrons. The first-order valence-electron chi connectivity index (χ1n) is 24.1. The van der Waals surface area contributed by atoms with Crippen molar-refractivity contribution in [2.75, 3.05) is 9.80 Å². The van der Waals surface area contributed by atoms with E-state index < -0.39 is 5.41 Å². The Morgan fingerprint density at radius 2 is 0.786 bits per heavy atom. The highest BCUT2D eigenvalue weighted by atomic mass is 15.2. The van der Waals surface area contributed by atoms with Crippen LogP contribution >= 0.6 is 0 Å². The molecule has 0 aliphatic heterocycles. The third kappa shape index (κ3) is 6.58. The SMILES string of the molecule is c1ccc(-c2ccc(-n3c4ccccc4c4c(N(c5ccccc5)c5ccccc5)cc(N(c5ccccc5)c5cccc6c5C(c5ccccc5)(c5ccccc5)c5ccccc5-6)cc43)cc2)cc1. The highest BCUT2D eigenvalue weighted by molar-refractivity contribution is 6.18. The molecule has 1 heterocycles. The second-order valence-corrected chi connectivity index (χ2v) is 18.0. The van der Waals surface area contributed by atoms with Crippen molar-refractivity contribution in [3.63, 3.8) is 0 Å². The second kappa shape index (κ2) is 17.2. The Balaban J connectivity index is 1.16. The van der Waals surface area contributed by atoms with Gasteiger partial charge >= 0.3 is 0 Å². The van der Waals surface area contributed by atoms with Crippen molar-refractivity contribution in [1.29, 1.82) is 0 Å². The summed E-state index contributed by atoms with van der Waals surface area (Å²) >= 11 is 0. The van der Waals surface area contributed by atoms with Gasteiger partial charge in [-0.3, -0.25) is 0 Å². The van der Waals surface area contributed by atoms with Gasteiger partial charge in [0.2, 0.25) is 0 Å². The third-order valence-electron chi connectivity index (χ3n) is 14.2. The number of para-hydroxylation sites is 4. The van der Waals surface area contributed by atoms with E-state index in [0.717, 1.165) is 50.8 Å². The Bertz CT molecular complexity index is 3720. The quantitative estimate of drug-likeness (QED) is 0.136. The molecule has 12 aromatic rings. The maximum atomic E-state index is 2.52. The summed E-state index contributed by atoms with van der Waals surface area (Å²) < 4.78 is 2.47. The molecule has 0 fully saturated rings. The molecule has 0 bridgehead atoms. The average Bonchev–Trinajstić information content (AvgIpc) is 3.94. The van der Waals surface area contributed by atoms with E-state index in [2.05, 4.69) is 299 Å². The van der Waals surface area contributed by atoms with Crippen molar-refractivity contribution in [3.8, 4) is 27.9 Å². The largest absolute Gasteiger partial charge is 0.310 e. The summed E-state index contributed by atoms with van der Waals surface area (Å²) in [6.07, 6.45) is 0. The Kier molecular flexibility index (Phi) is 10.1. The monoisotopic (exact) mass is 893 g/mol. The van der Waals surface area contributed by atoms with Crippen LogP contribution in [0.4, 0.5) is 34.1 Å². The lowest BCUT2D eigenvalue weighted by Gasteiger charge is -2.38. The standard InChI is InChI=1S/C67H47N3/c1-7-24-48(25-8-1)49-42-44-55(45-43-49)70-61-40-22-20-37-59(61)65-63(68(52-30-13-4-14-31-52)53-32-15-5-16-33-53)46-56(47-64(65)70)69(54-34-17-6-18-35-54)62-41-23-38-58-57-36-19-21-39-60(57)67(66(58)62,50-26-9-2-10-27-50)51-28-11-3-12-29-51/h1-47H. The predicted molar refractivity (Wildman–Crippen MR) is 293 cm³/mol. The molecule has 0 spiro atoms. The number of anilines is 6. The number of aromatic nitrogens is 1. The summed E-state index contributed by atoms with van der Waals surface area (Å²) in [4.78, 5) is 4.96. The van der Waals surface area contributed by atoms with E-state index >= 15 is 0 Å². The van der Waals surface area contributed by atoms with Gasteiger partial charge in [-0.1, -0.05) is 212 Å². The van der Waals surface area contributed by atoms with Crippen LogP contribution in [0, 0.1) is 0 Å². The molecule has 1 aliphatic carbocycles. The van der Waals surface area contributed by atoms with Gasteiger partial charge in [0, 0.05) is 39.1 Å². The zero-order chi connectivity index (χ0) is 46.4. The molecule has 330 valence electrons. The Labute approximate surface area is 409 Å². The number of fused-ring (bicyclic) bond motifs is 6. The van der Waals surface area contributed by atoms with Gasteiger partial charge in [-0.05, 0) is 112 Å². The molecule has 13 rings (SSSR count). The minimum absolute atomic E-state index is 0.638. The van der Waals surface area contributed by atoms with Crippen LogP contribution in [0.3, 0.4) is 0 Å². The van der Waals surface area contributed by atoms with Gasteiger partial charge in [-0.2, -0.15) is 0 Å². The van der Waals surface area contributed by atoms with Crippen LogP contribution in [0.25, 0.3) is 49.7 Å². The van der Waals surface area contributed by atoms with Crippen LogP contribution in [0.5, 0.6) is 0 Å². The van der Waals surface area contributed by atoms with Gasteiger partial charge in [0.1, 0.15) is 0 Å². The molecule has 1 aliphatic rings. The first-order chi connectivity index (χ1) is 34.8. The maximum Gasteiger partial charge on any atom is 0.0734 e. The molecule has 1 aromatic heterocycles. The van der Waals surface area contributed by atoms with Crippen molar-refractivity contribution in [2.24, 2.45) is 0 Å². The van der Waals surface area contributed by atoms with E-state index in [1.54, 1.807) is 0 Å². The molecular weight excluding hydrogens is 847 g/mol. The minimum atomic E-state index is -0.638. The smallest absolute Gasteiger partial charge is 0.0734 e. The van der Waals surface area contributed by atoms with Gasteiger partial charge in [-0.15, -0.1) is 0 Å². The minimum Gasteiger partial charge on any atom is -0.310 e. The van der Waals surface area contributed by atoms with E-state index in [1.165, 1.54) is 55.3 Å². The Hall–Kier alpha value is -9.18. The summed E-state index contributed by atoms with van der Waals surface area (Å²) in [5.74, 6) is 0. The van der Waals surface area contributed by atoms with E-state index in [9.17, 15) is 0 Å². The zero-order valence-corrected chi connectivity index (χ0v) is 38.5. The van der Waals surface area contributed by atoms with Crippen LogP contribution in [-0.4, -0.2) is 4.57 Å². The summed E-state index contributed by atoms with van der Waals surface area (Å²) in [5.41, 5.74) is 19.0. The predicted octanol–water partition coefficient (Wildman–Crippen LogP) is 17.8. The van der Waals surface area contributed by atoms with E-state index in [0.29, 0.717) is 0 Å². The Morgan fingerprint density at radius 1 is 0.314 bits per heavy atom. The zero-order valence-electron chi connectivity index (χ0n) is 38.5. The van der Waals surface area contributed by atoms with Crippen LogP contribution in [0.2, 0.25) is 0 Å². The molecular formula is C67H47N3. The number of nitrogens with zero attached hydrogens (tertiary/aromatic N) is 3. The first kappa shape index (κ1) is 41.0. The molecule has 0 saturated carbocycles. The normalized spacial score (nSPS) is 12.4. The number of benzene rings is 11. The molecule has 11 aromatic carbocycles. The molecule has 3 heteroatoms. The molecule has 0 amide bonds. The summed E-state index contributed by atoms with van der Waals surface area (Å²) in [7, 11) is 0. The lowest BCUT2D eigenvalue weighted by molar-refractivity contribution is 0.768. The maximum absolute atomic E-state index is 2.52. The molecule has 70 heavy (non-hydrogen) atoms. The van der Waals surface area contributed by atoms with E-state index in [-0.39, 0.29) is 0 Å². The van der Waals surface area contributed by atoms with Gasteiger partial charge in [0.15, 0.2) is 0 Å². The topological polar surface area (TPSA) is 11.4 Å². The fraction of sp³-hybridized carbons (Fsp3) is 0.0149. The van der Waals surface area contributed by atoms with Crippen molar-refractivity contribution in [1.82, 2.24) is 4.57 Å². The number of hydrogen-bond acceptors (Lipinski definition) is 2. The van der Waals surface area contributed by atoms with Crippen molar-refractivity contribution >= 4 is 55.9 Å². The number of hydrogen-bond donors (Lipinski definition) is 0. The number of rotatable bonds is 10. The molecule has 3 nitrogen and oxygen atoms in total.